The van der Waals surface area contributed by atoms with Crippen molar-refractivity contribution in [3.63, 3.8) is 0 Å². The first kappa shape index (κ1) is 16.2. The zero-order valence-electron chi connectivity index (χ0n) is 13.1. The summed E-state index contributed by atoms with van der Waals surface area (Å²) in [6, 6.07) is 3.85. The number of ether oxygens (including phenoxy) is 2. The molecular weight excluding hydrogens is 314 g/mol. The normalized spacial score (nSPS) is 19.4. The van der Waals surface area contributed by atoms with Gasteiger partial charge in [0.1, 0.15) is 6.10 Å². The Morgan fingerprint density at radius 1 is 1.61 bits per heavy atom. The van der Waals surface area contributed by atoms with Crippen LogP contribution in [0.2, 0.25) is 0 Å². The minimum Gasteiger partial charge on any atom is -0.376 e. The number of hydrogen-bond donors (Lipinski definition) is 2. The van der Waals surface area contributed by atoms with Gasteiger partial charge in [0.25, 0.3) is 5.91 Å². The molecule has 0 bridgehead atoms. The highest BCUT2D eigenvalue weighted by Crippen LogP contribution is 2.23. The lowest BCUT2D eigenvalue weighted by Crippen LogP contribution is -2.32. The van der Waals surface area contributed by atoms with Crippen molar-refractivity contribution in [1.29, 1.82) is 0 Å². The number of nitrogens with one attached hydrogen (secondary N) is 2. The van der Waals surface area contributed by atoms with Crippen LogP contribution in [-0.4, -0.2) is 41.3 Å². The molecular formula is C16H21N3O3S. The summed E-state index contributed by atoms with van der Waals surface area (Å²) in [6.45, 7) is 2.99. The molecule has 0 saturated carbocycles. The first-order valence-corrected chi connectivity index (χ1v) is 8.73. The summed E-state index contributed by atoms with van der Waals surface area (Å²) in [5.74, 6) is -0.187. The molecule has 3 rings (SSSR count). The van der Waals surface area contributed by atoms with Gasteiger partial charge in [-0.2, -0.15) is 0 Å². The van der Waals surface area contributed by atoms with Crippen LogP contribution in [0.15, 0.2) is 23.7 Å². The molecule has 1 aliphatic rings. The summed E-state index contributed by atoms with van der Waals surface area (Å²) < 4.78 is 11.2. The summed E-state index contributed by atoms with van der Waals surface area (Å²) >= 11 is 1.40. The number of carbonyl (C=O) groups excluding carboxylic acids is 1. The van der Waals surface area contributed by atoms with E-state index in [1.165, 1.54) is 11.3 Å². The van der Waals surface area contributed by atoms with E-state index in [0.717, 1.165) is 37.3 Å². The van der Waals surface area contributed by atoms with Crippen LogP contribution < -0.4 is 5.32 Å². The van der Waals surface area contributed by atoms with Gasteiger partial charge in [-0.1, -0.05) is 0 Å². The first-order valence-electron chi connectivity index (χ1n) is 7.86. The Morgan fingerprint density at radius 3 is 3.26 bits per heavy atom. The van der Waals surface area contributed by atoms with E-state index in [2.05, 4.69) is 15.3 Å². The summed E-state index contributed by atoms with van der Waals surface area (Å²) in [6.07, 6.45) is 4.70. The second kappa shape index (κ2) is 7.72. The quantitative estimate of drug-likeness (QED) is 0.851. The fourth-order valence-corrected chi connectivity index (χ4v) is 3.13. The molecule has 0 radical (unpaired) electrons. The van der Waals surface area contributed by atoms with E-state index in [4.69, 9.17) is 9.47 Å². The van der Waals surface area contributed by atoms with E-state index >= 15 is 0 Å². The van der Waals surface area contributed by atoms with Gasteiger partial charge in [0.2, 0.25) is 0 Å². The average Bonchev–Trinajstić information content (AvgIpc) is 3.24. The Balaban J connectivity index is 1.48. The van der Waals surface area contributed by atoms with Crippen LogP contribution in [0.5, 0.6) is 0 Å². The van der Waals surface area contributed by atoms with Gasteiger partial charge in [0.15, 0.2) is 5.13 Å². The van der Waals surface area contributed by atoms with Crippen molar-refractivity contribution < 1.29 is 14.3 Å². The molecule has 1 aliphatic heterocycles. The fourth-order valence-electron chi connectivity index (χ4n) is 2.42. The lowest BCUT2D eigenvalue weighted by molar-refractivity contribution is -0.130. The number of carbonyl (C=O) groups is 1. The minimum atomic E-state index is -0.529. The summed E-state index contributed by atoms with van der Waals surface area (Å²) in [4.78, 5) is 19.7. The van der Waals surface area contributed by atoms with Gasteiger partial charge in [0.05, 0.1) is 24.1 Å². The maximum atomic E-state index is 12.2. The monoisotopic (exact) mass is 335 g/mol. The molecule has 23 heavy (non-hydrogen) atoms. The molecule has 2 atom stereocenters. The molecule has 2 aromatic heterocycles. The Kier molecular flexibility index (Phi) is 5.43. The van der Waals surface area contributed by atoms with E-state index in [0.29, 0.717) is 11.7 Å². The molecule has 1 fully saturated rings. The number of thiazole rings is 1. The van der Waals surface area contributed by atoms with Crippen LogP contribution in [0.1, 0.15) is 26.2 Å². The molecule has 2 N–H and O–H groups in total. The van der Waals surface area contributed by atoms with Gasteiger partial charge in [-0.3, -0.25) is 10.1 Å². The second-order valence-corrected chi connectivity index (χ2v) is 6.43. The predicted octanol–water partition coefficient (Wildman–Crippen LogP) is 3.05. The number of nitrogens with zero attached hydrogens (tertiary/aromatic N) is 1. The summed E-state index contributed by atoms with van der Waals surface area (Å²) in [5, 5.41) is 5.28. The highest BCUT2D eigenvalue weighted by Gasteiger charge is 2.19. The summed E-state index contributed by atoms with van der Waals surface area (Å²) in [5.41, 5.74) is 1.75. The van der Waals surface area contributed by atoms with Gasteiger partial charge in [0, 0.05) is 18.2 Å². The Hall–Kier alpha value is -1.70. The van der Waals surface area contributed by atoms with Gasteiger partial charge in [-0.15, -0.1) is 11.3 Å². The average molecular weight is 335 g/mol. The molecule has 0 spiro atoms. The maximum Gasteiger partial charge on any atom is 0.254 e. The lowest BCUT2D eigenvalue weighted by atomic mass is 10.1. The van der Waals surface area contributed by atoms with Crippen LogP contribution >= 0.6 is 11.3 Å². The van der Waals surface area contributed by atoms with Gasteiger partial charge < -0.3 is 14.5 Å². The zero-order chi connectivity index (χ0) is 16.1. The number of aromatic nitrogens is 2. The number of amides is 1. The van der Waals surface area contributed by atoms with Crippen molar-refractivity contribution in [2.75, 3.05) is 18.5 Å². The van der Waals surface area contributed by atoms with Crippen LogP contribution in [0.3, 0.4) is 0 Å². The van der Waals surface area contributed by atoms with Crippen molar-refractivity contribution in [1.82, 2.24) is 9.97 Å². The lowest BCUT2D eigenvalue weighted by Gasteiger charge is -2.23. The number of aromatic amines is 1. The van der Waals surface area contributed by atoms with Gasteiger partial charge in [-0.05, 0) is 38.3 Å². The Bertz CT molecular complexity index is 620. The molecule has 7 heteroatoms. The Labute approximate surface area is 139 Å². The van der Waals surface area contributed by atoms with Crippen molar-refractivity contribution in [2.24, 2.45) is 0 Å². The van der Waals surface area contributed by atoms with Crippen LogP contribution in [0.25, 0.3) is 11.4 Å². The molecule has 0 aromatic carbocycles. The van der Waals surface area contributed by atoms with E-state index in [9.17, 15) is 4.79 Å². The van der Waals surface area contributed by atoms with Crippen LogP contribution in [-0.2, 0) is 14.3 Å². The predicted molar refractivity (Wildman–Crippen MR) is 89.5 cm³/mol. The van der Waals surface area contributed by atoms with Crippen LogP contribution in [0, 0.1) is 0 Å². The molecule has 1 saturated heterocycles. The third-order valence-corrected chi connectivity index (χ3v) is 4.54. The van der Waals surface area contributed by atoms with Crippen LogP contribution in [0.4, 0.5) is 5.13 Å². The molecule has 1 amide bonds. The highest BCUT2D eigenvalue weighted by atomic mass is 32.1. The molecule has 2 aromatic rings. The first-order chi connectivity index (χ1) is 11.2. The van der Waals surface area contributed by atoms with Crippen molar-refractivity contribution in [3.05, 3.63) is 23.7 Å². The second-order valence-electron chi connectivity index (χ2n) is 5.58. The topological polar surface area (TPSA) is 76.2 Å². The number of anilines is 1. The third-order valence-electron chi connectivity index (χ3n) is 3.78. The molecule has 3 heterocycles. The number of hydrogen-bond acceptors (Lipinski definition) is 5. The minimum absolute atomic E-state index is 0.110. The van der Waals surface area contributed by atoms with Gasteiger partial charge in [-0.25, -0.2) is 4.98 Å². The highest BCUT2D eigenvalue weighted by molar-refractivity contribution is 7.14. The van der Waals surface area contributed by atoms with Crippen molar-refractivity contribution >= 4 is 22.4 Å². The zero-order valence-corrected chi connectivity index (χ0v) is 13.9. The maximum absolute atomic E-state index is 12.2. The molecule has 2 unspecified atom stereocenters. The molecule has 0 aliphatic carbocycles. The third kappa shape index (κ3) is 4.40. The standard InChI is InChI=1S/C16H21N3O3S/c1-11(22-9-12-5-2-3-8-21-12)15(20)19-16-18-14(10-23-16)13-6-4-7-17-13/h4,6-7,10-12,17H,2-3,5,8-9H2,1H3,(H,18,19,20). The van der Waals surface area contributed by atoms with E-state index in [1.54, 1.807) is 6.92 Å². The molecule has 6 nitrogen and oxygen atoms in total. The molecule has 124 valence electrons. The van der Waals surface area contributed by atoms with Gasteiger partial charge >= 0.3 is 0 Å². The van der Waals surface area contributed by atoms with E-state index in [-0.39, 0.29) is 12.0 Å². The smallest absolute Gasteiger partial charge is 0.254 e. The largest absolute Gasteiger partial charge is 0.376 e. The van der Waals surface area contributed by atoms with Crippen molar-refractivity contribution in [3.8, 4) is 11.4 Å². The van der Waals surface area contributed by atoms with E-state index < -0.39 is 6.10 Å². The van der Waals surface area contributed by atoms with Crippen molar-refractivity contribution in [2.45, 2.75) is 38.4 Å². The fraction of sp³-hybridized carbons (Fsp3) is 0.500. The number of H-pyrrole nitrogens is 1. The summed E-state index contributed by atoms with van der Waals surface area (Å²) in [7, 11) is 0. The SMILES string of the molecule is CC(OCC1CCCCO1)C(=O)Nc1nc(-c2ccc[nH]2)cs1. The Morgan fingerprint density at radius 2 is 2.52 bits per heavy atom. The number of rotatable bonds is 6. The van der Waals surface area contributed by atoms with E-state index in [1.807, 2.05) is 23.7 Å².